The van der Waals surface area contributed by atoms with Crippen molar-refractivity contribution in [3.8, 4) is 0 Å². The minimum atomic E-state index is 0.0836. The highest BCUT2D eigenvalue weighted by molar-refractivity contribution is 5.78. The van der Waals surface area contributed by atoms with E-state index in [0.29, 0.717) is 19.5 Å². The number of imidazole rings is 1. The Morgan fingerprint density at radius 2 is 2.19 bits per heavy atom. The quantitative estimate of drug-likeness (QED) is 0.913. The van der Waals surface area contributed by atoms with Crippen LogP contribution in [-0.2, 0) is 16.1 Å². The van der Waals surface area contributed by atoms with Crippen LogP contribution in [0.2, 0.25) is 0 Å². The number of amides is 1. The molecule has 0 spiro atoms. The first-order chi connectivity index (χ1) is 10.1. The topological polar surface area (TPSA) is 56.2 Å². The van der Waals surface area contributed by atoms with E-state index in [2.05, 4.69) is 21.8 Å². The summed E-state index contributed by atoms with van der Waals surface area (Å²) < 4.78 is 7.29. The Morgan fingerprint density at radius 1 is 1.43 bits per heavy atom. The summed E-state index contributed by atoms with van der Waals surface area (Å²) in [5.41, 5.74) is 2.18. The van der Waals surface area contributed by atoms with Gasteiger partial charge in [0.1, 0.15) is 5.82 Å². The second-order valence-electron chi connectivity index (χ2n) is 6.13. The number of ether oxygens (including phenoxy) is 1. The van der Waals surface area contributed by atoms with Gasteiger partial charge in [-0.2, -0.15) is 0 Å². The molecule has 21 heavy (non-hydrogen) atoms. The van der Waals surface area contributed by atoms with Gasteiger partial charge in [-0.15, -0.1) is 0 Å². The largest absolute Gasteiger partial charge is 0.380 e. The monoisotopic (exact) mass is 287 g/mol. The lowest BCUT2D eigenvalue weighted by molar-refractivity contribution is -0.126. The minimum absolute atomic E-state index is 0.0836. The van der Waals surface area contributed by atoms with Crippen LogP contribution in [0.25, 0.3) is 11.0 Å². The lowest BCUT2D eigenvalue weighted by atomic mass is 9.89. The highest BCUT2D eigenvalue weighted by Gasteiger charge is 2.33. The molecule has 3 rings (SSSR count). The van der Waals surface area contributed by atoms with Gasteiger partial charge in [0.05, 0.1) is 24.2 Å². The summed E-state index contributed by atoms with van der Waals surface area (Å²) in [5, 5.41) is 3.00. The van der Waals surface area contributed by atoms with Crippen LogP contribution in [0.5, 0.6) is 0 Å². The van der Waals surface area contributed by atoms with Crippen molar-refractivity contribution in [3.05, 3.63) is 30.1 Å². The SMILES string of the molecule is Cc1nc2ccccc2n1CCC(=O)NCC1(C)COC1. The van der Waals surface area contributed by atoms with Crippen molar-refractivity contribution >= 4 is 16.9 Å². The van der Waals surface area contributed by atoms with Crippen LogP contribution in [-0.4, -0.2) is 35.2 Å². The van der Waals surface area contributed by atoms with Crippen LogP contribution < -0.4 is 5.32 Å². The van der Waals surface area contributed by atoms with Gasteiger partial charge in [-0.25, -0.2) is 4.98 Å². The number of hydrogen-bond acceptors (Lipinski definition) is 3. The smallest absolute Gasteiger partial charge is 0.221 e. The van der Waals surface area contributed by atoms with E-state index in [1.807, 2.05) is 31.2 Å². The Hall–Kier alpha value is -1.88. The number of rotatable bonds is 5. The number of fused-ring (bicyclic) bond motifs is 1. The maximum atomic E-state index is 12.0. The first-order valence-electron chi connectivity index (χ1n) is 7.34. The van der Waals surface area contributed by atoms with Crippen molar-refractivity contribution in [2.75, 3.05) is 19.8 Å². The number of benzene rings is 1. The number of para-hydroxylation sites is 2. The van der Waals surface area contributed by atoms with Gasteiger partial charge >= 0.3 is 0 Å². The standard InChI is InChI=1S/C16H21N3O2/c1-12-18-13-5-3-4-6-14(13)19(12)8-7-15(20)17-9-16(2)10-21-11-16/h3-6H,7-11H2,1-2H3,(H,17,20). The normalized spacial score (nSPS) is 16.7. The van der Waals surface area contributed by atoms with Gasteiger partial charge in [0.25, 0.3) is 0 Å². The zero-order chi connectivity index (χ0) is 14.9. The van der Waals surface area contributed by atoms with Crippen LogP contribution >= 0.6 is 0 Å². The number of nitrogens with zero attached hydrogens (tertiary/aromatic N) is 2. The third-order valence-electron chi connectivity index (χ3n) is 4.02. The molecule has 1 aromatic carbocycles. The van der Waals surface area contributed by atoms with E-state index in [4.69, 9.17) is 4.74 Å². The molecule has 1 N–H and O–H groups in total. The van der Waals surface area contributed by atoms with Crippen molar-refractivity contribution in [1.82, 2.24) is 14.9 Å². The average Bonchev–Trinajstić information content (AvgIpc) is 2.76. The predicted molar refractivity (Wildman–Crippen MR) is 81.0 cm³/mol. The Bertz CT molecular complexity index is 659. The number of carbonyl (C=O) groups is 1. The molecule has 2 aromatic rings. The molecule has 0 atom stereocenters. The van der Waals surface area contributed by atoms with E-state index in [1.54, 1.807) is 0 Å². The Kier molecular flexibility index (Phi) is 3.68. The molecule has 5 nitrogen and oxygen atoms in total. The van der Waals surface area contributed by atoms with Gasteiger partial charge in [-0.3, -0.25) is 4.79 Å². The van der Waals surface area contributed by atoms with Gasteiger partial charge in [-0.1, -0.05) is 19.1 Å². The Labute approximate surface area is 124 Å². The molecule has 1 aromatic heterocycles. The molecule has 0 radical (unpaired) electrons. The number of aromatic nitrogens is 2. The second kappa shape index (κ2) is 5.48. The summed E-state index contributed by atoms with van der Waals surface area (Å²) in [4.78, 5) is 16.5. The van der Waals surface area contributed by atoms with Crippen LogP contribution in [0.4, 0.5) is 0 Å². The summed E-state index contributed by atoms with van der Waals surface area (Å²) in [6.45, 7) is 6.92. The summed E-state index contributed by atoms with van der Waals surface area (Å²) in [6, 6.07) is 8.01. The number of carbonyl (C=O) groups excluding carboxylic acids is 1. The van der Waals surface area contributed by atoms with Gasteiger partial charge in [0, 0.05) is 24.9 Å². The molecule has 1 amide bonds. The zero-order valence-corrected chi connectivity index (χ0v) is 12.6. The van der Waals surface area contributed by atoms with Gasteiger partial charge in [-0.05, 0) is 19.1 Å². The van der Waals surface area contributed by atoms with Crippen LogP contribution in [0.15, 0.2) is 24.3 Å². The molecule has 1 aliphatic heterocycles. The first-order valence-corrected chi connectivity index (χ1v) is 7.34. The molecular formula is C16H21N3O2. The fraction of sp³-hybridized carbons (Fsp3) is 0.500. The Balaban J connectivity index is 1.58. The summed E-state index contributed by atoms with van der Waals surface area (Å²) in [6.07, 6.45) is 0.470. The molecule has 0 unspecified atom stereocenters. The summed E-state index contributed by atoms with van der Waals surface area (Å²) >= 11 is 0. The molecule has 0 bridgehead atoms. The lowest BCUT2D eigenvalue weighted by Crippen LogP contribution is -2.48. The predicted octanol–water partition coefficient (Wildman–Crippen LogP) is 1.89. The highest BCUT2D eigenvalue weighted by Crippen LogP contribution is 2.25. The van der Waals surface area contributed by atoms with Crippen molar-refractivity contribution < 1.29 is 9.53 Å². The van der Waals surface area contributed by atoms with E-state index in [1.165, 1.54) is 0 Å². The third-order valence-corrected chi connectivity index (χ3v) is 4.02. The molecular weight excluding hydrogens is 266 g/mol. The average molecular weight is 287 g/mol. The minimum Gasteiger partial charge on any atom is -0.380 e. The van der Waals surface area contributed by atoms with E-state index < -0.39 is 0 Å². The molecule has 0 saturated carbocycles. The highest BCUT2D eigenvalue weighted by atomic mass is 16.5. The zero-order valence-electron chi connectivity index (χ0n) is 12.6. The third kappa shape index (κ3) is 2.93. The molecule has 5 heteroatoms. The van der Waals surface area contributed by atoms with E-state index in [9.17, 15) is 4.79 Å². The Morgan fingerprint density at radius 3 is 2.90 bits per heavy atom. The number of nitrogens with one attached hydrogen (secondary N) is 1. The van der Waals surface area contributed by atoms with Crippen molar-refractivity contribution in [3.63, 3.8) is 0 Å². The van der Waals surface area contributed by atoms with Crippen molar-refractivity contribution in [1.29, 1.82) is 0 Å². The molecule has 1 fully saturated rings. The molecule has 1 saturated heterocycles. The maximum absolute atomic E-state index is 12.0. The van der Waals surface area contributed by atoms with Gasteiger partial charge < -0.3 is 14.6 Å². The number of aryl methyl sites for hydroxylation is 2. The molecule has 2 heterocycles. The van der Waals surface area contributed by atoms with Crippen LogP contribution in [0.3, 0.4) is 0 Å². The van der Waals surface area contributed by atoms with Crippen molar-refractivity contribution in [2.24, 2.45) is 5.41 Å². The van der Waals surface area contributed by atoms with Crippen LogP contribution in [0.1, 0.15) is 19.2 Å². The van der Waals surface area contributed by atoms with Crippen LogP contribution in [0, 0.1) is 12.3 Å². The van der Waals surface area contributed by atoms with Gasteiger partial charge in [0.2, 0.25) is 5.91 Å². The number of hydrogen-bond donors (Lipinski definition) is 1. The van der Waals surface area contributed by atoms with E-state index >= 15 is 0 Å². The molecule has 112 valence electrons. The first kappa shape index (κ1) is 14.1. The molecule has 1 aliphatic rings. The second-order valence-corrected chi connectivity index (χ2v) is 6.13. The van der Waals surface area contributed by atoms with E-state index in [0.717, 1.165) is 30.1 Å². The summed E-state index contributed by atoms with van der Waals surface area (Å²) in [5.74, 6) is 1.03. The maximum Gasteiger partial charge on any atom is 0.221 e. The van der Waals surface area contributed by atoms with E-state index in [-0.39, 0.29) is 11.3 Å². The fourth-order valence-electron chi connectivity index (χ4n) is 2.64. The molecule has 0 aliphatic carbocycles. The fourth-order valence-corrected chi connectivity index (χ4v) is 2.64. The van der Waals surface area contributed by atoms with Crippen molar-refractivity contribution in [2.45, 2.75) is 26.8 Å². The summed E-state index contributed by atoms with van der Waals surface area (Å²) in [7, 11) is 0. The lowest BCUT2D eigenvalue weighted by Gasteiger charge is -2.38. The van der Waals surface area contributed by atoms with Gasteiger partial charge in [0.15, 0.2) is 0 Å².